The fourth-order valence-corrected chi connectivity index (χ4v) is 3.84. The van der Waals surface area contributed by atoms with Crippen LogP contribution in [0.3, 0.4) is 0 Å². The third-order valence-corrected chi connectivity index (χ3v) is 5.32. The summed E-state index contributed by atoms with van der Waals surface area (Å²) in [5, 5.41) is 2.60. The van der Waals surface area contributed by atoms with E-state index >= 15 is 0 Å². The minimum absolute atomic E-state index is 0.284. The fraction of sp³-hybridized carbons (Fsp3) is 0.0556. The number of fused-ring (bicyclic) bond motifs is 1. The van der Waals surface area contributed by atoms with Gasteiger partial charge in [-0.2, -0.15) is 0 Å². The summed E-state index contributed by atoms with van der Waals surface area (Å²) in [6.07, 6.45) is 2.59. The smallest absolute Gasteiger partial charge is 0.191 e. The van der Waals surface area contributed by atoms with Crippen molar-refractivity contribution in [2.45, 2.75) is 0 Å². The Morgan fingerprint density at radius 1 is 1.19 bits per heavy atom. The van der Waals surface area contributed by atoms with Crippen molar-refractivity contribution in [2.24, 2.45) is 0 Å². The zero-order chi connectivity index (χ0) is 18.3. The summed E-state index contributed by atoms with van der Waals surface area (Å²) in [5.74, 6) is 0.351. The van der Waals surface area contributed by atoms with Gasteiger partial charge in [-0.05, 0) is 52.3 Å². The van der Waals surface area contributed by atoms with E-state index in [4.69, 9.17) is 0 Å². The van der Waals surface area contributed by atoms with Gasteiger partial charge in [0.25, 0.3) is 0 Å². The number of pyridine rings is 1. The van der Waals surface area contributed by atoms with E-state index in [1.807, 2.05) is 40.1 Å². The van der Waals surface area contributed by atoms with Crippen molar-refractivity contribution in [3.8, 4) is 11.3 Å². The predicted molar refractivity (Wildman–Crippen MR) is 104 cm³/mol. The van der Waals surface area contributed by atoms with Crippen LogP contribution < -0.4 is 4.90 Å². The Labute approximate surface area is 160 Å². The molecule has 26 heavy (non-hydrogen) atoms. The number of aldehydes is 1. The fourth-order valence-electron chi connectivity index (χ4n) is 2.70. The molecular weight excluding hydrogens is 419 g/mol. The standard InChI is InChI=1S/C18H12BrFN4OS/c1-23(17-14(9-25)21-16-7-4-12(19)8-24(16)17)18-22-15(10-26-18)11-2-5-13(20)6-3-11/h2-10H,1H3. The molecule has 0 saturated heterocycles. The maximum atomic E-state index is 13.1. The molecule has 0 bridgehead atoms. The summed E-state index contributed by atoms with van der Waals surface area (Å²) in [7, 11) is 1.84. The van der Waals surface area contributed by atoms with Crippen LogP contribution in [0.25, 0.3) is 16.9 Å². The van der Waals surface area contributed by atoms with Crippen LogP contribution in [-0.2, 0) is 0 Å². The number of anilines is 2. The SMILES string of the molecule is CN(c1nc(-c2ccc(F)cc2)cs1)c1c(C=O)nc2ccc(Br)cn12. The average molecular weight is 431 g/mol. The lowest BCUT2D eigenvalue weighted by molar-refractivity contribution is 0.112. The highest BCUT2D eigenvalue weighted by Gasteiger charge is 2.19. The first-order valence-corrected chi connectivity index (χ1v) is 9.32. The number of imidazole rings is 1. The third kappa shape index (κ3) is 2.91. The van der Waals surface area contributed by atoms with Gasteiger partial charge >= 0.3 is 0 Å². The monoisotopic (exact) mass is 430 g/mol. The van der Waals surface area contributed by atoms with Crippen LogP contribution in [0, 0.1) is 5.82 Å². The Balaban J connectivity index is 1.78. The number of carbonyl (C=O) groups is 1. The highest BCUT2D eigenvalue weighted by Crippen LogP contribution is 2.33. The molecule has 8 heteroatoms. The Bertz CT molecular complexity index is 1110. The normalized spacial score (nSPS) is 11.0. The molecule has 0 radical (unpaired) electrons. The molecule has 0 fully saturated rings. The van der Waals surface area contributed by atoms with Gasteiger partial charge in [-0.15, -0.1) is 11.3 Å². The minimum Gasteiger partial charge on any atom is -0.305 e. The van der Waals surface area contributed by atoms with E-state index in [0.29, 0.717) is 22.3 Å². The number of hydrogen-bond donors (Lipinski definition) is 0. The van der Waals surface area contributed by atoms with Crippen molar-refractivity contribution in [3.05, 3.63) is 64.0 Å². The second kappa shape index (κ2) is 6.62. The van der Waals surface area contributed by atoms with Crippen LogP contribution in [-0.4, -0.2) is 27.7 Å². The number of halogens is 2. The number of carbonyl (C=O) groups excluding carboxylic acids is 1. The highest BCUT2D eigenvalue weighted by molar-refractivity contribution is 9.10. The molecule has 1 aromatic carbocycles. The van der Waals surface area contributed by atoms with E-state index in [0.717, 1.165) is 22.0 Å². The van der Waals surface area contributed by atoms with Crippen LogP contribution >= 0.6 is 27.3 Å². The topological polar surface area (TPSA) is 50.5 Å². The lowest BCUT2D eigenvalue weighted by Gasteiger charge is -2.16. The van der Waals surface area contributed by atoms with E-state index in [1.165, 1.54) is 23.5 Å². The summed E-state index contributed by atoms with van der Waals surface area (Å²) in [6.45, 7) is 0. The third-order valence-electron chi connectivity index (χ3n) is 3.93. The molecule has 0 saturated carbocycles. The first-order chi connectivity index (χ1) is 12.6. The van der Waals surface area contributed by atoms with Gasteiger partial charge in [-0.1, -0.05) is 0 Å². The van der Waals surface area contributed by atoms with E-state index in [2.05, 4.69) is 25.9 Å². The van der Waals surface area contributed by atoms with Gasteiger partial charge in [0, 0.05) is 28.7 Å². The predicted octanol–water partition coefficient (Wildman–Crippen LogP) is 4.94. The van der Waals surface area contributed by atoms with E-state index < -0.39 is 0 Å². The van der Waals surface area contributed by atoms with Gasteiger partial charge in [0.15, 0.2) is 11.4 Å². The number of hydrogen-bond acceptors (Lipinski definition) is 5. The molecule has 4 aromatic rings. The first kappa shape index (κ1) is 16.9. The lowest BCUT2D eigenvalue weighted by Crippen LogP contribution is -2.13. The summed E-state index contributed by atoms with van der Waals surface area (Å²) in [5.41, 5.74) is 2.59. The van der Waals surface area contributed by atoms with E-state index in [1.54, 1.807) is 12.1 Å². The molecule has 5 nitrogen and oxygen atoms in total. The molecule has 4 rings (SSSR count). The Morgan fingerprint density at radius 3 is 2.69 bits per heavy atom. The molecular formula is C18H12BrFN4OS. The van der Waals surface area contributed by atoms with Crippen molar-refractivity contribution in [3.63, 3.8) is 0 Å². The van der Waals surface area contributed by atoms with Gasteiger partial charge in [0.1, 0.15) is 23.0 Å². The van der Waals surface area contributed by atoms with E-state index in [-0.39, 0.29) is 5.82 Å². The van der Waals surface area contributed by atoms with Crippen LogP contribution in [0.4, 0.5) is 15.3 Å². The number of aromatic nitrogens is 3. The minimum atomic E-state index is -0.284. The van der Waals surface area contributed by atoms with Gasteiger partial charge < -0.3 is 4.90 Å². The molecule has 0 atom stereocenters. The molecule has 3 aromatic heterocycles. The van der Waals surface area contributed by atoms with Gasteiger partial charge in [-0.3, -0.25) is 9.20 Å². The van der Waals surface area contributed by atoms with Crippen LogP contribution in [0.1, 0.15) is 10.5 Å². The molecule has 0 aliphatic carbocycles. The highest BCUT2D eigenvalue weighted by atomic mass is 79.9. The molecule has 130 valence electrons. The molecule has 0 spiro atoms. The molecule has 0 N–H and O–H groups in total. The maximum absolute atomic E-state index is 13.1. The average Bonchev–Trinajstić information content (AvgIpc) is 3.26. The number of thiazole rings is 1. The van der Waals surface area contributed by atoms with Crippen LogP contribution in [0.15, 0.2) is 52.4 Å². The zero-order valence-corrected chi connectivity index (χ0v) is 16.0. The van der Waals surface area contributed by atoms with E-state index in [9.17, 15) is 9.18 Å². The molecule has 3 heterocycles. The van der Waals surface area contributed by atoms with Gasteiger partial charge in [0.05, 0.1) is 5.69 Å². The van der Waals surface area contributed by atoms with Crippen molar-refractivity contribution in [1.29, 1.82) is 0 Å². The summed E-state index contributed by atoms with van der Waals surface area (Å²) in [6, 6.07) is 9.90. The van der Waals surface area contributed by atoms with Crippen molar-refractivity contribution in [1.82, 2.24) is 14.4 Å². The second-order valence-electron chi connectivity index (χ2n) is 5.60. The Hall–Kier alpha value is -2.58. The number of rotatable bonds is 4. The van der Waals surface area contributed by atoms with Crippen molar-refractivity contribution in [2.75, 3.05) is 11.9 Å². The van der Waals surface area contributed by atoms with Gasteiger partial charge in [-0.25, -0.2) is 14.4 Å². The second-order valence-corrected chi connectivity index (χ2v) is 7.35. The van der Waals surface area contributed by atoms with Crippen molar-refractivity contribution < 1.29 is 9.18 Å². The molecule has 0 unspecified atom stereocenters. The summed E-state index contributed by atoms with van der Waals surface area (Å²) < 4.78 is 15.8. The Morgan fingerprint density at radius 2 is 1.96 bits per heavy atom. The quantitative estimate of drug-likeness (QED) is 0.430. The van der Waals surface area contributed by atoms with Gasteiger partial charge in [0.2, 0.25) is 0 Å². The zero-order valence-electron chi connectivity index (χ0n) is 13.6. The first-order valence-electron chi connectivity index (χ1n) is 7.65. The Kier molecular flexibility index (Phi) is 4.29. The molecule has 0 aliphatic heterocycles. The maximum Gasteiger partial charge on any atom is 0.191 e. The van der Waals surface area contributed by atoms with Crippen LogP contribution in [0.2, 0.25) is 0 Å². The van der Waals surface area contributed by atoms with Crippen molar-refractivity contribution >= 4 is 50.1 Å². The number of benzene rings is 1. The molecule has 0 amide bonds. The lowest BCUT2D eigenvalue weighted by atomic mass is 10.2. The molecule has 0 aliphatic rings. The largest absolute Gasteiger partial charge is 0.305 e. The van der Waals surface area contributed by atoms with Crippen LogP contribution in [0.5, 0.6) is 0 Å². The summed E-state index contributed by atoms with van der Waals surface area (Å²) >= 11 is 4.88. The number of nitrogens with zero attached hydrogens (tertiary/aromatic N) is 4. The summed E-state index contributed by atoms with van der Waals surface area (Å²) in [4.78, 5) is 22.3.